The van der Waals surface area contributed by atoms with Crippen molar-refractivity contribution < 1.29 is 13.7 Å². The maximum atomic E-state index is 5.80. The Kier molecular flexibility index (Phi) is 3.22. The van der Waals surface area contributed by atoms with Crippen LogP contribution in [-0.2, 0) is 10.3 Å². The van der Waals surface area contributed by atoms with E-state index in [9.17, 15) is 0 Å². The molecule has 1 aromatic carbocycles. The van der Waals surface area contributed by atoms with Gasteiger partial charge in [-0.15, -0.1) is 0 Å². The van der Waals surface area contributed by atoms with Crippen LogP contribution in [0, 0.1) is 0 Å². The van der Waals surface area contributed by atoms with Gasteiger partial charge in [-0.05, 0) is 25.0 Å². The molecule has 0 saturated heterocycles. The van der Waals surface area contributed by atoms with Gasteiger partial charge in [-0.1, -0.05) is 42.6 Å². The van der Waals surface area contributed by atoms with E-state index in [1.54, 1.807) is 7.11 Å². The molecule has 0 bridgehead atoms. The number of fused-ring (bicyclic) bond motifs is 1. The lowest BCUT2D eigenvalue weighted by molar-refractivity contribution is -0.0672. The fourth-order valence-electron chi connectivity index (χ4n) is 3.23. The molecule has 2 heterocycles. The first-order chi connectivity index (χ1) is 10.8. The van der Waals surface area contributed by atoms with Crippen molar-refractivity contribution in [2.45, 2.75) is 37.7 Å². The number of nitrogens with zero attached hydrogens (tertiary/aromatic N) is 2. The zero-order chi connectivity index (χ0) is 15.0. The lowest BCUT2D eigenvalue weighted by atomic mass is 9.84. The predicted octanol–water partition coefficient (Wildman–Crippen LogP) is 4.29. The lowest BCUT2D eigenvalue weighted by Gasteiger charge is -2.32. The molecule has 0 unspecified atom stereocenters. The van der Waals surface area contributed by atoms with Crippen LogP contribution in [0.5, 0.6) is 0 Å². The number of hydrogen-bond donors (Lipinski definition) is 0. The molecule has 3 aromatic rings. The Hall–Kier alpha value is -2.14. The second-order valence-electron chi connectivity index (χ2n) is 5.83. The van der Waals surface area contributed by atoms with Gasteiger partial charge >= 0.3 is 0 Å². The van der Waals surface area contributed by atoms with Crippen molar-refractivity contribution >= 4 is 11.0 Å². The molecular formula is C17H18N2O3. The Morgan fingerprint density at radius 3 is 2.73 bits per heavy atom. The molecule has 0 spiro atoms. The van der Waals surface area contributed by atoms with Gasteiger partial charge in [-0.25, -0.2) is 0 Å². The molecule has 0 atom stereocenters. The fourth-order valence-corrected chi connectivity index (χ4v) is 3.23. The predicted molar refractivity (Wildman–Crippen MR) is 81.3 cm³/mol. The summed E-state index contributed by atoms with van der Waals surface area (Å²) in [7, 11) is 1.72. The highest BCUT2D eigenvalue weighted by Crippen LogP contribution is 2.40. The van der Waals surface area contributed by atoms with Crippen LogP contribution in [0.3, 0.4) is 0 Å². The monoisotopic (exact) mass is 298 g/mol. The number of hydrogen-bond acceptors (Lipinski definition) is 5. The number of benzene rings is 1. The van der Waals surface area contributed by atoms with E-state index in [1.807, 2.05) is 30.3 Å². The summed E-state index contributed by atoms with van der Waals surface area (Å²) in [5, 5.41) is 5.12. The van der Waals surface area contributed by atoms with Gasteiger partial charge in [0.05, 0.1) is 0 Å². The van der Waals surface area contributed by atoms with Crippen molar-refractivity contribution in [1.29, 1.82) is 0 Å². The van der Waals surface area contributed by atoms with Gasteiger partial charge < -0.3 is 13.7 Å². The minimum absolute atomic E-state index is 0.435. The third-order valence-corrected chi connectivity index (χ3v) is 4.51. The molecule has 4 rings (SSSR count). The van der Waals surface area contributed by atoms with Crippen molar-refractivity contribution in [3.05, 3.63) is 36.2 Å². The molecule has 1 fully saturated rings. The van der Waals surface area contributed by atoms with E-state index in [4.69, 9.17) is 13.7 Å². The summed E-state index contributed by atoms with van der Waals surface area (Å²) in [5.74, 6) is 1.66. The first kappa shape index (κ1) is 13.5. The summed E-state index contributed by atoms with van der Waals surface area (Å²) in [6, 6.07) is 9.79. The Balaban J connectivity index is 1.71. The SMILES string of the molecule is COC1(c2nc(-c3cc4ccccc4o3)no2)CCCCC1. The van der Waals surface area contributed by atoms with Gasteiger partial charge in [0.2, 0.25) is 5.82 Å². The van der Waals surface area contributed by atoms with Crippen LogP contribution < -0.4 is 0 Å². The molecule has 5 heteroatoms. The van der Waals surface area contributed by atoms with Crippen LogP contribution in [0.15, 0.2) is 39.3 Å². The van der Waals surface area contributed by atoms with Crippen LogP contribution in [0.1, 0.15) is 38.0 Å². The molecular weight excluding hydrogens is 280 g/mol. The average Bonchev–Trinajstić information content (AvgIpc) is 3.22. The largest absolute Gasteiger partial charge is 0.453 e. The first-order valence-electron chi connectivity index (χ1n) is 7.69. The highest BCUT2D eigenvalue weighted by molar-refractivity contribution is 5.81. The summed E-state index contributed by atoms with van der Waals surface area (Å²) in [5.41, 5.74) is 0.387. The van der Waals surface area contributed by atoms with Crippen LogP contribution in [0.4, 0.5) is 0 Å². The second kappa shape index (κ2) is 5.25. The van der Waals surface area contributed by atoms with Gasteiger partial charge in [-0.3, -0.25) is 0 Å². The summed E-state index contributed by atoms with van der Waals surface area (Å²) < 4.78 is 17.0. The topological polar surface area (TPSA) is 61.3 Å². The van der Waals surface area contributed by atoms with E-state index < -0.39 is 5.60 Å². The zero-order valence-electron chi connectivity index (χ0n) is 12.5. The molecule has 22 heavy (non-hydrogen) atoms. The number of aromatic nitrogens is 2. The zero-order valence-corrected chi connectivity index (χ0v) is 12.5. The van der Waals surface area contributed by atoms with Gasteiger partial charge in [0.15, 0.2) is 5.76 Å². The van der Waals surface area contributed by atoms with E-state index in [0.29, 0.717) is 17.5 Å². The van der Waals surface area contributed by atoms with Crippen LogP contribution in [0.25, 0.3) is 22.6 Å². The normalized spacial score (nSPS) is 17.9. The van der Waals surface area contributed by atoms with Gasteiger partial charge in [0.1, 0.15) is 11.2 Å². The smallest absolute Gasteiger partial charge is 0.259 e. The maximum absolute atomic E-state index is 5.80. The molecule has 0 aliphatic heterocycles. The summed E-state index contributed by atoms with van der Waals surface area (Å²) in [6.07, 6.45) is 5.32. The molecule has 1 aliphatic carbocycles. The molecule has 0 N–H and O–H groups in total. The highest BCUT2D eigenvalue weighted by atomic mass is 16.5. The van der Waals surface area contributed by atoms with Gasteiger partial charge in [-0.2, -0.15) is 4.98 Å². The average molecular weight is 298 g/mol. The van der Waals surface area contributed by atoms with E-state index in [-0.39, 0.29) is 0 Å². The molecule has 5 nitrogen and oxygen atoms in total. The maximum Gasteiger partial charge on any atom is 0.259 e. The molecule has 1 saturated carbocycles. The Labute approximate surface area is 128 Å². The third kappa shape index (κ3) is 2.13. The minimum Gasteiger partial charge on any atom is -0.453 e. The standard InChI is InChI=1S/C17H18N2O3/c1-20-17(9-5-2-6-10-17)16-18-15(19-22-16)14-11-12-7-3-4-8-13(12)21-14/h3-4,7-8,11H,2,5-6,9-10H2,1H3. The first-order valence-corrected chi connectivity index (χ1v) is 7.69. The third-order valence-electron chi connectivity index (χ3n) is 4.51. The van der Waals surface area contributed by atoms with E-state index in [1.165, 1.54) is 6.42 Å². The molecule has 1 aliphatic rings. The van der Waals surface area contributed by atoms with Crippen molar-refractivity contribution in [3.63, 3.8) is 0 Å². The minimum atomic E-state index is -0.435. The molecule has 114 valence electrons. The van der Waals surface area contributed by atoms with Crippen LogP contribution >= 0.6 is 0 Å². The Bertz CT molecular complexity index is 751. The lowest BCUT2D eigenvalue weighted by Crippen LogP contribution is -2.31. The van der Waals surface area contributed by atoms with Crippen molar-refractivity contribution in [2.75, 3.05) is 7.11 Å². The van der Waals surface area contributed by atoms with E-state index in [0.717, 1.165) is 36.7 Å². The fraction of sp³-hybridized carbons (Fsp3) is 0.412. The van der Waals surface area contributed by atoms with Crippen LogP contribution in [0.2, 0.25) is 0 Å². The van der Waals surface area contributed by atoms with Gasteiger partial charge in [0.25, 0.3) is 5.89 Å². The van der Waals surface area contributed by atoms with E-state index >= 15 is 0 Å². The molecule has 0 radical (unpaired) electrons. The van der Waals surface area contributed by atoms with E-state index in [2.05, 4.69) is 10.1 Å². The molecule has 0 amide bonds. The number of furan rings is 1. The number of ether oxygens (including phenoxy) is 1. The Morgan fingerprint density at radius 1 is 1.14 bits per heavy atom. The highest BCUT2D eigenvalue weighted by Gasteiger charge is 2.39. The van der Waals surface area contributed by atoms with Crippen molar-refractivity contribution in [3.8, 4) is 11.6 Å². The summed E-state index contributed by atoms with van der Waals surface area (Å²) in [6.45, 7) is 0. The quantitative estimate of drug-likeness (QED) is 0.722. The second-order valence-corrected chi connectivity index (χ2v) is 5.83. The Morgan fingerprint density at radius 2 is 1.95 bits per heavy atom. The van der Waals surface area contributed by atoms with Crippen molar-refractivity contribution in [1.82, 2.24) is 10.1 Å². The number of rotatable bonds is 3. The van der Waals surface area contributed by atoms with Gasteiger partial charge in [0, 0.05) is 12.5 Å². The van der Waals surface area contributed by atoms with Crippen LogP contribution in [-0.4, -0.2) is 17.3 Å². The molecule has 2 aromatic heterocycles. The van der Waals surface area contributed by atoms with Crippen molar-refractivity contribution in [2.24, 2.45) is 0 Å². The number of para-hydroxylation sites is 1. The summed E-state index contributed by atoms with van der Waals surface area (Å²) >= 11 is 0. The number of methoxy groups -OCH3 is 1. The summed E-state index contributed by atoms with van der Waals surface area (Å²) in [4.78, 5) is 4.55.